The maximum absolute atomic E-state index is 12.8. The zero-order valence-corrected chi connectivity index (χ0v) is 15.7. The van der Waals surface area contributed by atoms with Gasteiger partial charge in [-0.25, -0.2) is 0 Å². The van der Waals surface area contributed by atoms with E-state index in [1.165, 1.54) is 6.07 Å². The van der Waals surface area contributed by atoms with Crippen molar-refractivity contribution in [1.82, 2.24) is 25.4 Å². The van der Waals surface area contributed by atoms with E-state index in [4.69, 9.17) is 11.6 Å². The average Bonchev–Trinajstić information content (AvgIpc) is 2.94. The average molecular weight is 402 g/mol. The van der Waals surface area contributed by atoms with Crippen LogP contribution in [-0.4, -0.2) is 26.8 Å². The standard InChI is InChI=1S/C17H19ClF3N5O/c1-8(11-5-4-10(6-12(11)18)17(19,20)21)15-24-25-16(26(15)3)13-7-14(27)23-9(2)22-13/h4-6,8-9,13,22H,7H2,1-3H3,(H,23,27). The van der Waals surface area contributed by atoms with Crippen molar-refractivity contribution in [3.63, 3.8) is 0 Å². The molecule has 10 heteroatoms. The first-order valence-electron chi connectivity index (χ1n) is 8.39. The number of hydrogen-bond acceptors (Lipinski definition) is 4. The van der Waals surface area contributed by atoms with Crippen LogP contribution in [0.2, 0.25) is 5.02 Å². The molecule has 0 bridgehead atoms. The first kappa shape index (κ1) is 19.6. The molecule has 2 heterocycles. The fourth-order valence-electron chi connectivity index (χ4n) is 3.28. The molecular formula is C17H19ClF3N5O. The summed E-state index contributed by atoms with van der Waals surface area (Å²) in [5.74, 6) is 0.671. The second-order valence-electron chi connectivity index (χ2n) is 6.64. The molecular weight excluding hydrogens is 383 g/mol. The fourth-order valence-corrected chi connectivity index (χ4v) is 3.63. The van der Waals surface area contributed by atoms with Crippen LogP contribution < -0.4 is 10.6 Å². The van der Waals surface area contributed by atoms with Gasteiger partial charge >= 0.3 is 6.18 Å². The van der Waals surface area contributed by atoms with Gasteiger partial charge in [0.2, 0.25) is 5.91 Å². The molecule has 0 aliphatic carbocycles. The summed E-state index contributed by atoms with van der Waals surface area (Å²) in [6.45, 7) is 3.62. The minimum atomic E-state index is -4.45. The van der Waals surface area contributed by atoms with E-state index in [1.807, 2.05) is 6.92 Å². The van der Waals surface area contributed by atoms with Crippen LogP contribution in [-0.2, 0) is 18.0 Å². The second kappa shape index (κ2) is 7.12. The van der Waals surface area contributed by atoms with Crippen molar-refractivity contribution in [2.45, 2.75) is 44.6 Å². The SMILES string of the molecule is CC1NC(=O)CC(c2nnc(C(C)c3ccc(C(F)(F)F)cc3Cl)n2C)N1. The summed E-state index contributed by atoms with van der Waals surface area (Å²) in [7, 11) is 1.76. The number of hydrogen-bond donors (Lipinski definition) is 2. The van der Waals surface area contributed by atoms with Crippen LogP contribution in [0.15, 0.2) is 18.2 Å². The van der Waals surface area contributed by atoms with E-state index in [-0.39, 0.29) is 35.5 Å². The van der Waals surface area contributed by atoms with Gasteiger partial charge in [-0.1, -0.05) is 24.6 Å². The normalized spacial score (nSPS) is 21.8. The molecule has 0 radical (unpaired) electrons. The van der Waals surface area contributed by atoms with Gasteiger partial charge in [-0.3, -0.25) is 10.1 Å². The maximum atomic E-state index is 12.8. The van der Waals surface area contributed by atoms with Crippen LogP contribution in [0.1, 0.15) is 55.0 Å². The summed E-state index contributed by atoms with van der Waals surface area (Å²) in [5, 5.41) is 14.4. The number of benzene rings is 1. The summed E-state index contributed by atoms with van der Waals surface area (Å²) in [4.78, 5) is 11.8. The summed E-state index contributed by atoms with van der Waals surface area (Å²) < 4.78 is 40.3. The third kappa shape index (κ3) is 3.93. The smallest absolute Gasteiger partial charge is 0.341 e. The lowest BCUT2D eigenvalue weighted by molar-refractivity contribution is -0.137. The van der Waals surface area contributed by atoms with Crippen LogP contribution in [0, 0.1) is 0 Å². The summed E-state index contributed by atoms with van der Waals surface area (Å²) in [6, 6.07) is 2.98. The maximum Gasteiger partial charge on any atom is 0.416 e. The Kier molecular flexibility index (Phi) is 5.18. The van der Waals surface area contributed by atoms with Gasteiger partial charge in [0.15, 0.2) is 5.82 Å². The van der Waals surface area contributed by atoms with Crippen molar-refractivity contribution in [2.75, 3.05) is 0 Å². The number of aromatic nitrogens is 3. The van der Waals surface area contributed by atoms with Gasteiger partial charge in [0.25, 0.3) is 0 Å². The lowest BCUT2D eigenvalue weighted by atomic mass is 9.98. The Balaban J connectivity index is 1.89. The van der Waals surface area contributed by atoms with Crippen molar-refractivity contribution in [3.05, 3.63) is 46.0 Å². The third-order valence-electron chi connectivity index (χ3n) is 4.65. The predicted octanol–water partition coefficient (Wildman–Crippen LogP) is 3.14. The molecule has 3 unspecified atom stereocenters. The van der Waals surface area contributed by atoms with E-state index in [0.29, 0.717) is 17.2 Å². The molecule has 3 atom stereocenters. The number of amides is 1. The summed E-state index contributed by atoms with van der Waals surface area (Å²) >= 11 is 6.10. The molecule has 1 aromatic heterocycles. The molecule has 6 nitrogen and oxygen atoms in total. The van der Waals surface area contributed by atoms with Gasteiger partial charge in [-0.2, -0.15) is 13.2 Å². The first-order chi connectivity index (χ1) is 12.6. The van der Waals surface area contributed by atoms with Crippen LogP contribution in [0.3, 0.4) is 0 Å². The molecule has 1 aromatic carbocycles. The van der Waals surface area contributed by atoms with Crippen molar-refractivity contribution in [2.24, 2.45) is 7.05 Å². The number of carbonyl (C=O) groups is 1. The zero-order valence-electron chi connectivity index (χ0n) is 14.9. The lowest BCUT2D eigenvalue weighted by Crippen LogP contribution is -2.51. The number of nitrogens with zero attached hydrogens (tertiary/aromatic N) is 3. The Morgan fingerprint density at radius 3 is 2.63 bits per heavy atom. The number of nitrogens with one attached hydrogen (secondary N) is 2. The minimum absolute atomic E-state index is 0.0191. The Labute approximate surface area is 159 Å². The van der Waals surface area contributed by atoms with Gasteiger partial charge in [0.05, 0.1) is 17.8 Å². The number of carbonyl (C=O) groups excluding carboxylic acids is 1. The van der Waals surface area contributed by atoms with Crippen molar-refractivity contribution >= 4 is 17.5 Å². The summed E-state index contributed by atoms with van der Waals surface area (Å²) in [6.07, 6.45) is -4.42. The van der Waals surface area contributed by atoms with E-state index >= 15 is 0 Å². The molecule has 0 saturated carbocycles. The largest absolute Gasteiger partial charge is 0.416 e. The highest BCUT2D eigenvalue weighted by molar-refractivity contribution is 6.31. The van der Waals surface area contributed by atoms with Crippen LogP contribution in [0.4, 0.5) is 13.2 Å². The highest BCUT2D eigenvalue weighted by atomic mass is 35.5. The second-order valence-corrected chi connectivity index (χ2v) is 7.05. The van der Waals surface area contributed by atoms with Gasteiger partial charge in [-0.05, 0) is 24.6 Å². The van der Waals surface area contributed by atoms with E-state index in [2.05, 4.69) is 20.8 Å². The van der Waals surface area contributed by atoms with Crippen LogP contribution in [0.5, 0.6) is 0 Å². The molecule has 1 aliphatic rings. The van der Waals surface area contributed by atoms with E-state index in [1.54, 1.807) is 18.5 Å². The van der Waals surface area contributed by atoms with E-state index < -0.39 is 11.7 Å². The monoisotopic (exact) mass is 401 g/mol. The Morgan fingerprint density at radius 2 is 2.04 bits per heavy atom. The molecule has 146 valence electrons. The molecule has 2 N–H and O–H groups in total. The van der Waals surface area contributed by atoms with Crippen LogP contribution >= 0.6 is 11.6 Å². The molecule has 3 rings (SSSR count). The van der Waals surface area contributed by atoms with Gasteiger partial charge in [-0.15, -0.1) is 10.2 Å². The molecule has 1 amide bonds. The Morgan fingerprint density at radius 1 is 1.33 bits per heavy atom. The highest BCUT2D eigenvalue weighted by Gasteiger charge is 2.32. The molecule has 1 fully saturated rings. The highest BCUT2D eigenvalue weighted by Crippen LogP contribution is 2.36. The lowest BCUT2D eigenvalue weighted by Gasteiger charge is -2.28. The summed E-state index contributed by atoms with van der Waals surface area (Å²) in [5.41, 5.74) is -0.275. The third-order valence-corrected chi connectivity index (χ3v) is 4.98. The molecule has 27 heavy (non-hydrogen) atoms. The molecule has 2 aromatic rings. The number of alkyl halides is 3. The van der Waals surface area contributed by atoms with Gasteiger partial charge in [0.1, 0.15) is 5.82 Å². The predicted molar refractivity (Wildman–Crippen MR) is 93.1 cm³/mol. The number of rotatable bonds is 3. The zero-order chi connectivity index (χ0) is 19.9. The topological polar surface area (TPSA) is 71.8 Å². The minimum Gasteiger partial charge on any atom is -0.341 e. The quantitative estimate of drug-likeness (QED) is 0.828. The Bertz CT molecular complexity index is 867. The first-order valence-corrected chi connectivity index (χ1v) is 8.77. The van der Waals surface area contributed by atoms with Gasteiger partial charge in [0, 0.05) is 24.4 Å². The van der Waals surface area contributed by atoms with E-state index in [9.17, 15) is 18.0 Å². The van der Waals surface area contributed by atoms with Crippen molar-refractivity contribution < 1.29 is 18.0 Å². The van der Waals surface area contributed by atoms with Crippen molar-refractivity contribution in [1.29, 1.82) is 0 Å². The van der Waals surface area contributed by atoms with Gasteiger partial charge < -0.3 is 9.88 Å². The molecule has 1 aliphatic heterocycles. The van der Waals surface area contributed by atoms with E-state index in [0.717, 1.165) is 12.1 Å². The van der Waals surface area contributed by atoms with Crippen LogP contribution in [0.25, 0.3) is 0 Å². The van der Waals surface area contributed by atoms with Crippen molar-refractivity contribution in [3.8, 4) is 0 Å². The fraction of sp³-hybridized carbons (Fsp3) is 0.471. The molecule has 1 saturated heterocycles. The molecule has 0 spiro atoms. The number of halogens is 4. The Hall–Kier alpha value is -2.13.